The molecule has 0 aliphatic carbocycles. The Bertz CT molecular complexity index is 229. The van der Waals surface area contributed by atoms with Gasteiger partial charge in [0.25, 0.3) is 0 Å². The summed E-state index contributed by atoms with van der Waals surface area (Å²) >= 11 is 0. The Morgan fingerprint density at radius 1 is 1.06 bits per heavy atom. The van der Waals surface area contributed by atoms with Crippen molar-refractivity contribution in [3.05, 3.63) is 0 Å². The van der Waals surface area contributed by atoms with Gasteiger partial charge in [-0.3, -0.25) is 4.79 Å². The van der Waals surface area contributed by atoms with Crippen molar-refractivity contribution in [2.45, 2.75) is 60.3 Å². The molecule has 3 nitrogen and oxygen atoms in total. The standard InChI is InChI=1S/C14H29NO2/c1-13(2,3)9-11-17-12(16)6-7-14(4,5)8-10-15/h6-11,15H2,1-5H3. The summed E-state index contributed by atoms with van der Waals surface area (Å²) in [6, 6.07) is 0. The number of rotatable bonds is 7. The molecule has 0 saturated carbocycles. The average molecular weight is 243 g/mol. The molecule has 0 amide bonds. The normalized spacial score (nSPS) is 12.6. The lowest BCUT2D eigenvalue weighted by Gasteiger charge is -2.23. The van der Waals surface area contributed by atoms with Crippen LogP contribution in [0.5, 0.6) is 0 Å². The van der Waals surface area contributed by atoms with Gasteiger partial charge in [0.05, 0.1) is 6.61 Å². The van der Waals surface area contributed by atoms with Crippen molar-refractivity contribution in [3.8, 4) is 0 Å². The highest BCUT2D eigenvalue weighted by Gasteiger charge is 2.19. The fourth-order valence-electron chi connectivity index (χ4n) is 1.50. The molecule has 0 heterocycles. The molecule has 102 valence electrons. The Hall–Kier alpha value is -0.570. The highest BCUT2D eigenvalue weighted by atomic mass is 16.5. The molecular weight excluding hydrogens is 214 g/mol. The summed E-state index contributed by atoms with van der Waals surface area (Å²) in [6.45, 7) is 11.9. The minimum atomic E-state index is -0.0839. The Balaban J connectivity index is 3.73. The van der Waals surface area contributed by atoms with Gasteiger partial charge in [-0.25, -0.2) is 0 Å². The zero-order chi connectivity index (χ0) is 13.5. The van der Waals surface area contributed by atoms with E-state index in [9.17, 15) is 4.79 Å². The maximum Gasteiger partial charge on any atom is 0.305 e. The molecule has 0 unspecified atom stereocenters. The quantitative estimate of drug-likeness (QED) is 0.699. The number of nitrogens with two attached hydrogens (primary N) is 1. The molecule has 0 rings (SSSR count). The van der Waals surface area contributed by atoms with Crippen LogP contribution in [-0.2, 0) is 9.53 Å². The van der Waals surface area contributed by atoms with Crippen molar-refractivity contribution in [1.29, 1.82) is 0 Å². The van der Waals surface area contributed by atoms with Crippen LogP contribution in [0.2, 0.25) is 0 Å². The highest BCUT2D eigenvalue weighted by molar-refractivity contribution is 5.69. The number of hydrogen-bond donors (Lipinski definition) is 1. The second kappa shape index (κ2) is 7.00. The molecule has 0 radical (unpaired) electrons. The van der Waals surface area contributed by atoms with Gasteiger partial charge in [0, 0.05) is 6.42 Å². The highest BCUT2D eigenvalue weighted by Crippen LogP contribution is 2.26. The average Bonchev–Trinajstić information content (AvgIpc) is 2.13. The van der Waals surface area contributed by atoms with Crippen molar-refractivity contribution >= 4 is 5.97 Å². The first-order valence-corrected chi connectivity index (χ1v) is 6.52. The first-order chi connectivity index (χ1) is 7.66. The van der Waals surface area contributed by atoms with E-state index in [0.29, 0.717) is 19.6 Å². The van der Waals surface area contributed by atoms with Crippen LogP contribution in [0.15, 0.2) is 0 Å². The Labute approximate surface area is 106 Å². The van der Waals surface area contributed by atoms with Crippen LogP contribution in [0.4, 0.5) is 0 Å². The summed E-state index contributed by atoms with van der Waals surface area (Å²) in [5.74, 6) is -0.0839. The molecule has 0 aromatic rings. The van der Waals surface area contributed by atoms with E-state index in [1.54, 1.807) is 0 Å². The zero-order valence-corrected chi connectivity index (χ0v) is 12.1. The number of esters is 1. The number of carbonyl (C=O) groups is 1. The molecule has 0 aliphatic rings. The van der Waals surface area contributed by atoms with Crippen molar-refractivity contribution in [2.75, 3.05) is 13.2 Å². The monoisotopic (exact) mass is 243 g/mol. The second-order valence-electron chi connectivity index (χ2n) is 6.73. The summed E-state index contributed by atoms with van der Waals surface area (Å²) in [5.41, 5.74) is 5.89. The zero-order valence-electron chi connectivity index (χ0n) is 12.1. The van der Waals surface area contributed by atoms with Crippen LogP contribution in [0.1, 0.15) is 60.3 Å². The van der Waals surface area contributed by atoms with Gasteiger partial charge in [0.2, 0.25) is 0 Å². The Morgan fingerprint density at radius 2 is 1.65 bits per heavy atom. The number of ether oxygens (including phenoxy) is 1. The molecule has 0 spiro atoms. The van der Waals surface area contributed by atoms with E-state index >= 15 is 0 Å². The van der Waals surface area contributed by atoms with Gasteiger partial charge in [-0.1, -0.05) is 34.6 Å². The Kier molecular flexibility index (Phi) is 6.76. The fourth-order valence-corrected chi connectivity index (χ4v) is 1.50. The SMILES string of the molecule is CC(C)(C)CCOC(=O)CCC(C)(C)CCN. The molecule has 17 heavy (non-hydrogen) atoms. The molecule has 2 N–H and O–H groups in total. The smallest absolute Gasteiger partial charge is 0.305 e. The lowest BCUT2D eigenvalue weighted by molar-refractivity contribution is -0.144. The van der Waals surface area contributed by atoms with Crippen molar-refractivity contribution in [3.63, 3.8) is 0 Å². The first-order valence-electron chi connectivity index (χ1n) is 6.52. The summed E-state index contributed by atoms with van der Waals surface area (Å²) in [5, 5.41) is 0. The summed E-state index contributed by atoms with van der Waals surface area (Å²) in [4.78, 5) is 11.5. The van der Waals surface area contributed by atoms with E-state index in [1.165, 1.54) is 0 Å². The minimum Gasteiger partial charge on any atom is -0.466 e. The van der Waals surface area contributed by atoms with E-state index in [1.807, 2.05) is 0 Å². The predicted molar refractivity (Wildman–Crippen MR) is 71.7 cm³/mol. The third-order valence-electron chi connectivity index (χ3n) is 2.94. The number of carbonyl (C=O) groups excluding carboxylic acids is 1. The molecule has 0 fully saturated rings. The van der Waals surface area contributed by atoms with E-state index in [4.69, 9.17) is 10.5 Å². The lowest BCUT2D eigenvalue weighted by atomic mass is 9.84. The van der Waals surface area contributed by atoms with Crippen LogP contribution >= 0.6 is 0 Å². The van der Waals surface area contributed by atoms with E-state index < -0.39 is 0 Å². The van der Waals surface area contributed by atoms with Crippen molar-refractivity contribution in [1.82, 2.24) is 0 Å². The van der Waals surface area contributed by atoms with Gasteiger partial charge in [0.15, 0.2) is 0 Å². The van der Waals surface area contributed by atoms with Crippen LogP contribution in [0, 0.1) is 10.8 Å². The summed E-state index contributed by atoms with van der Waals surface area (Å²) in [6.07, 6.45) is 3.20. The summed E-state index contributed by atoms with van der Waals surface area (Å²) < 4.78 is 5.22. The maximum atomic E-state index is 11.5. The van der Waals surface area contributed by atoms with Crippen LogP contribution in [0.3, 0.4) is 0 Å². The van der Waals surface area contributed by atoms with Crippen LogP contribution in [-0.4, -0.2) is 19.1 Å². The third-order valence-corrected chi connectivity index (χ3v) is 2.94. The largest absolute Gasteiger partial charge is 0.466 e. The minimum absolute atomic E-state index is 0.0839. The van der Waals surface area contributed by atoms with E-state index in [0.717, 1.165) is 19.3 Å². The molecule has 0 bridgehead atoms. The van der Waals surface area contributed by atoms with Gasteiger partial charge in [-0.05, 0) is 36.6 Å². The van der Waals surface area contributed by atoms with Crippen LogP contribution < -0.4 is 5.73 Å². The lowest BCUT2D eigenvalue weighted by Crippen LogP contribution is -2.19. The fraction of sp³-hybridized carbons (Fsp3) is 0.929. The van der Waals surface area contributed by atoms with Crippen molar-refractivity contribution < 1.29 is 9.53 Å². The van der Waals surface area contributed by atoms with Crippen LogP contribution in [0.25, 0.3) is 0 Å². The molecule has 3 heteroatoms. The molecule has 0 aliphatic heterocycles. The van der Waals surface area contributed by atoms with Gasteiger partial charge >= 0.3 is 5.97 Å². The molecule has 0 aromatic heterocycles. The molecule has 0 saturated heterocycles. The maximum absolute atomic E-state index is 11.5. The van der Waals surface area contributed by atoms with Gasteiger partial charge < -0.3 is 10.5 Å². The van der Waals surface area contributed by atoms with E-state index in [-0.39, 0.29) is 16.8 Å². The first kappa shape index (κ1) is 16.4. The van der Waals surface area contributed by atoms with Crippen molar-refractivity contribution in [2.24, 2.45) is 16.6 Å². The topological polar surface area (TPSA) is 52.3 Å². The summed E-state index contributed by atoms with van der Waals surface area (Å²) in [7, 11) is 0. The third kappa shape index (κ3) is 10.3. The Morgan fingerprint density at radius 3 is 2.12 bits per heavy atom. The second-order valence-corrected chi connectivity index (χ2v) is 6.73. The molecular formula is C14H29NO2. The molecule has 0 aromatic carbocycles. The van der Waals surface area contributed by atoms with Gasteiger partial charge in [0.1, 0.15) is 0 Å². The van der Waals surface area contributed by atoms with E-state index in [2.05, 4.69) is 34.6 Å². The van der Waals surface area contributed by atoms with Gasteiger partial charge in [-0.2, -0.15) is 0 Å². The predicted octanol–water partition coefficient (Wildman–Crippen LogP) is 3.12. The number of hydrogen-bond acceptors (Lipinski definition) is 3. The molecule has 0 atom stereocenters. The van der Waals surface area contributed by atoms with Gasteiger partial charge in [-0.15, -0.1) is 0 Å².